The van der Waals surface area contributed by atoms with Crippen molar-refractivity contribution in [3.63, 3.8) is 0 Å². The quantitative estimate of drug-likeness (QED) is 0.827. The first-order valence-corrected chi connectivity index (χ1v) is 7.30. The van der Waals surface area contributed by atoms with Crippen molar-refractivity contribution in [1.82, 2.24) is 0 Å². The molecule has 4 heteroatoms. The molecule has 0 saturated carbocycles. The van der Waals surface area contributed by atoms with Crippen LogP contribution in [0.3, 0.4) is 0 Å². The molecule has 0 aliphatic rings. The van der Waals surface area contributed by atoms with Crippen LogP contribution in [0.5, 0.6) is 11.5 Å². The van der Waals surface area contributed by atoms with Gasteiger partial charge in [-0.15, -0.1) is 11.8 Å². The third kappa shape index (κ3) is 3.46. The molecular weight excluding hydrogens is 270 g/mol. The van der Waals surface area contributed by atoms with Crippen LogP contribution in [0.25, 0.3) is 0 Å². The highest BCUT2D eigenvalue weighted by Crippen LogP contribution is 2.39. The highest BCUT2D eigenvalue weighted by molar-refractivity contribution is 7.99. The summed E-state index contributed by atoms with van der Waals surface area (Å²) in [4.78, 5) is 1.09. The van der Waals surface area contributed by atoms with E-state index in [0.717, 1.165) is 22.0 Å². The maximum atomic E-state index is 5.93. The standard InChI is InChI=1S/C16H19NO2S/c1-18-13-7-5-6-12(10-13)16(11-17)20-15-9-4-3-8-14(15)19-2/h3-10,16H,11,17H2,1-2H3. The second-order valence-corrected chi connectivity index (χ2v) is 5.51. The van der Waals surface area contributed by atoms with Gasteiger partial charge in [-0.25, -0.2) is 0 Å². The maximum absolute atomic E-state index is 5.93. The van der Waals surface area contributed by atoms with Crippen molar-refractivity contribution in [2.24, 2.45) is 5.73 Å². The summed E-state index contributed by atoms with van der Waals surface area (Å²) < 4.78 is 10.7. The molecule has 1 unspecified atom stereocenters. The summed E-state index contributed by atoms with van der Waals surface area (Å²) in [5, 5.41) is 0.168. The second-order valence-electron chi connectivity index (χ2n) is 4.27. The van der Waals surface area contributed by atoms with Crippen molar-refractivity contribution in [3.05, 3.63) is 54.1 Å². The van der Waals surface area contributed by atoms with Crippen LogP contribution in [0.2, 0.25) is 0 Å². The van der Waals surface area contributed by atoms with Gasteiger partial charge in [-0.2, -0.15) is 0 Å². The predicted octanol–water partition coefficient (Wildman–Crippen LogP) is 3.50. The zero-order valence-electron chi connectivity index (χ0n) is 11.7. The number of hydrogen-bond donors (Lipinski definition) is 1. The average molecular weight is 289 g/mol. The lowest BCUT2D eigenvalue weighted by molar-refractivity contribution is 0.404. The van der Waals surface area contributed by atoms with E-state index in [1.807, 2.05) is 42.5 Å². The molecule has 0 spiro atoms. The molecule has 20 heavy (non-hydrogen) atoms. The van der Waals surface area contributed by atoms with Gasteiger partial charge in [0.2, 0.25) is 0 Å². The Kier molecular flexibility index (Phi) is 5.32. The Bertz CT molecular complexity index is 560. The van der Waals surface area contributed by atoms with Crippen molar-refractivity contribution in [1.29, 1.82) is 0 Å². The molecule has 0 radical (unpaired) electrons. The third-order valence-electron chi connectivity index (χ3n) is 3.02. The van der Waals surface area contributed by atoms with E-state index in [4.69, 9.17) is 15.2 Å². The van der Waals surface area contributed by atoms with E-state index >= 15 is 0 Å². The fraction of sp³-hybridized carbons (Fsp3) is 0.250. The lowest BCUT2D eigenvalue weighted by atomic mass is 10.1. The summed E-state index contributed by atoms with van der Waals surface area (Å²) >= 11 is 1.71. The number of thioether (sulfide) groups is 1. The Balaban J connectivity index is 2.24. The Labute approximate surface area is 124 Å². The summed E-state index contributed by atoms with van der Waals surface area (Å²) in [6, 6.07) is 16.0. The van der Waals surface area contributed by atoms with Crippen molar-refractivity contribution < 1.29 is 9.47 Å². The molecule has 0 heterocycles. The summed E-state index contributed by atoms with van der Waals surface area (Å²) in [5.74, 6) is 1.72. The SMILES string of the molecule is COc1cccc(C(CN)Sc2ccccc2OC)c1. The highest BCUT2D eigenvalue weighted by atomic mass is 32.2. The molecule has 0 aromatic heterocycles. The first kappa shape index (κ1) is 14.8. The van der Waals surface area contributed by atoms with Gasteiger partial charge in [0, 0.05) is 16.7 Å². The molecule has 0 bridgehead atoms. The van der Waals surface area contributed by atoms with Gasteiger partial charge in [0.1, 0.15) is 11.5 Å². The normalized spacial score (nSPS) is 11.9. The Morgan fingerprint density at radius 2 is 1.85 bits per heavy atom. The van der Waals surface area contributed by atoms with Gasteiger partial charge in [0.15, 0.2) is 0 Å². The minimum absolute atomic E-state index is 0.168. The number of benzene rings is 2. The molecule has 0 amide bonds. The number of ether oxygens (including phenoxy) is 2. The largest absolute Gasteiger partial charge is 0.497 e. The summed E-state index contributed by atoms with van der Waals surface area (Å²) in [6.07, 6.45) is 0. The molecule has 1 atom stereocenters. The first-order valence-electron chi connectivity index (χ1n) is 6.42. The first-order chi connectivity index (χ1) is 9.78. The predicted molar refractivity (Wildman–Crippen MR) is 83.6 cm³/mol. The monoisotopic (exact) mass is 289 g/mol. The number of methoxy groups -OCH3 is 2. The van der Waals surface area contributed by atoms with Gasteiger partial charge in [-0.3, -0.25) is 0 Å². The Hall–Kier alpha value is -1.65. The van der Waals surface area contributed by atoms with Crippen LogP contribution in [-0.2, 0) is 0 Å². The van der Waals surface area contributed by atoms with Crippen LogP contribution in [0.4, 0.5) is 0 Å². The summed E-state index contributed by atoms with van der Waals surface area (Å²) in [6.45, 7) is 0.551. The number of para-hydroxylation sites is 1. The number of rotatable bonds is 6. The molecule has 0 saturated heterocycles. The molecule has 2 aromatic carbocycles. The summed E-state index contributed by atoms with van der Waals surface area (Å²) in [5.41, 5.74) is 7.09. The van der Waals surface area contributed by atoms with E-state index in [1.165, 1.54) is 0 Å². The van der Waals surface area contributed by atoms with Crippen LogP contribution in [0.15, 0.2) is 53.4 Å². The molecule has 3 nitrogen and oxygen atoms in total. The fourth-order valence-electron chi connectivity index (χ4n) is 1.96. The Morgan fingerprint density at radius 3 is 2.55 bits per heavy atom. The number of nitrogens with two attached hydrogens (primary N) is 1. The lowest BCUT2D eigenvalue weighted by Crippen LogP contribution is -2.09. The number of hydrogen-bond acceptors (Lipinski definition) is 4. The van der Waals surface area contributed by atoms with Crippen LogP contribution >= 0.6 is 11.8 Å². The second kappa shape index (κ2) is 7.22. The molecule has 2 N–H and O–H groups in total. The minimum Gasteiger partial charge on any atom is -0.497 e. The zero-order valence-corrected chi connectivity index (χ0v) is 12.5. The molecular formula is C16H19NO2S. The fourth-order valence-corrected chi connectivity index (χ4v) is 3.07. The molecule has 0 aliphatic carbocycles. The lowest BCUT2D eigenvalue weighted by Gasteiger charge is -2.17. The van der Waals surface area contributed by atoms with E-state index in [1.54, 1.807) is 26.0 Å². The van der Waals surface area contributed by atoms with E-state index in [-0.39, 0.29) is 5.25 Å². The van der Waals surface area contributed by atoms with Crippen LogP contribution < -0.4 is 15.2 Å². The van der Waals surface area contributed by atoms with Gasteiger partial charge < -0.3 is 15.2 Å². The van der Waals surface area contributed by atoms with Gasteiger partial charge in [0.25, 0.3) is 0 Å². The van der Waals surface area contributed by atoms with E-state index in [0.29, 0.717) is 6.54 Å². The molecule has 0 fully saturated rings. The smallest absolute Gasteiger partial charge is 0.132 e. The molecule has 0 aliphatic heterocycles. The Morgan fingerprint density at radius 1 is 1.05 bits per heavy atom. The van der Waals surface area contributed by atoms with Crippen LogP contribution in [0.1, 0.15) is 10.8 Å². The van der Waals surface area contributed by atoms with Gasteiger partial charge in [-0.05, 0) is 29.8 Å². The van der Waals surface area contributed by atoms with E-state index in [9.17, 15) is 0 Å². The molecule has 106 valence electrons. The van der Waals surface area contributed by atoms with Crippen LogP contribution in [-0.4, -0.2) is 20.8 Å². The van der Waals surface area contributed by atoms with Crippen molar-refractivity contribution >= 4 is 11.8 Å². The summed E-state index contributed by atoms with van der Waals surface area (Å²) in [7, 11) is 3.35. The zero-order chi connectivity index (χ0) is 14.4. The molecule has 2 rings (SSSR count). The van der Waals surface area contributed by atoms with Crippen molar-refractivity contribution in [2.45, 2.75) is 10.1 Å². The highest BCUT2D eigenvalue weighted by Gasteiger charge is 2.14. The van der Waals surface area contributed by atoms with Gasteiger partial charge >= 0.3 is 0 Å². The van der Waals surface area contributed by atoms with E-state index < -0.39 is 0 Å². The maximum Gasteiger partial charge on any atom is 0.132 e. The van der Waals surface area contributed by atoms with Gasteiger partial charge in [-0.1, -0.05) is 24.3 Å². The topological polar surface area (TPSA) is 44.5 Å². The van der Waals surface area contributed by atoms with E-state index in [2.05, 4.69) is 6.07 Å². The molecule has 2 aromatic rings. The van der Waals surface area contributed by atoms with Crippen molar-refractivity contribution in [2.75, 3.05) is 20.8 Å². The minimum atomic E-state index is 0.168. The van der Waals surface area contributed by atoms with Crippen LogP contribution in [0, 0.1) is 0 Å². The van der Waals surface area contributed by atoms with Gasteiger partial charge in [0.05, 0.1) is 14.2 Å². The van der Waals surface area contributed by atoms with Crippen molar-refractivity contribution in [3.8, 4) is 11.5 Å². The average Bonchev–Trinajstić information content (AvgIpc) is 2.53. The third-order valence-corrected chi connectivity index (χ3v) is 4.36.